The zero-order chi connectivity index (χ0) is 16.5. The summed E-state index contributed by atoms with van der Waals surface area (Å²) >= 11 is 0. The van der Waals surface area contributed by atoms with E-state index in [1.807, 2.05) is 11.1 Å². The Morgan fingerprint density at radius 3 is 2.62 bits per heavy atom. The van der Waals surface area contributed by atoms with Gasteiger partial charge in [-0.1, -0.05) is 0 Å². The summed E-state index contributed by atoms with van der Waals surface area (Å²) in [5.74, 6) is 1.15. The Bertz CT molecular complexity index is 611. The van der Waals surface area contributed by atoms with Crippen LogP contribution in [0.2, 0.25) is 0 Å². The molecule has 0 radical (unpaired) electrons. The first kappa shape index (κ1) is 15.8. The fourth-order valence-corrected chi connectivity index (χ4v) is 4.18. The van der Waals surface area contributed by atoms with Gasteiger partial charge in [0.2, 0.25) is 11.9 Å². The number of piperazine rings is 1. The Balaban J connectivity index is 1.38. The van der Waals surface area contributed by atoms with E-state index in [0.717, 1.165) is 64.4 Å². The molecule has 1 unspecified atom stereocenters. The van der Waals surface area contributed by atoms with Gasteiger partial charge in [0.05, 0.1) is 6.04 Å². The van der Waals surface area contributed by atoms with E-state index in [9.17, 15) is 4.79 Å². The standard InChI is InChI=1S/C18H27N5O/c1-21-8-4-7-16(21)17(24)22-9-11-23(12-10-22)18-19-13-14-5-2-3-6-15(14)20-18/h13,16H,2-12H2,1H3. The Morgan fingerprint density at radius 1 is 1.08 bits per heavy atom. The lowest BCUT2D eigenvalue weighted by Crippen LogP contribution is -2.53. The fraction of sp³-hybridized carbons (Fsp3) is 0.722. The minimum absolute atomic E-state index is 0.0940. The summed E-state index contributed by atoms with van der Waals surface area (Å²) in [6.07, 6.45) is 8.85. The van der Waals surface area contributed by atoms with Gasteiger partial charge in [0.1, 0.15) is 0 Å². The van der Waals surface area contributed by atoms with Gasteiger partial charge in [-0.3, -0.25) is 9.69 Å². The van der Waals surface area contributed by atoms with Crippen LogP contribution in [0.4, 0.5) is 5.95 Å². The number of likely N-dealkylation sites (N-methyl/N-ethyl adjacent to an activating group) is 1. The maximum atomic E-state index is 12.7. The normalized spacial score (nSPS) is 25.0. The van der Waals surface area contributed by atoms with Gasteiger partial charge in [-0.2, -0.15) is 0 Å². The monoisotopic (exact) mass is 329 g/mol. The number of carbonyl (C=O) groups is 1. The molecule has 3 aliphatic rings. The molecule has 24 heavy (non-hydrogen) atoms. The molecule has 6 nitrogen and oxygen atoms in total. The molecule has 0 saturated carbocycles. The Kier molecular flexibility index (Phi) is 4.39. The van der Waals surface area contributed by atoms with Gasteiger partial charge in [-0.15, -0.1) is 0 Å². The van der Waals surface area contributed by atoms with Crippen LogP contribution in [0.1, 0.15) is 36.9 Å². The zero-order valence-corrected chi connectivity index (χ0v) is 14.6. The van der Waals surface area contributed by atoms with Crippen molar-refractivity contribution in [3.63, 3.8) is 0 Å². The smallest absolute Gasteiger partial charge is 0.240 e. The summed E-state index contributed by atoms with van der Waals surface area (Å²) in [4.78, 5) is 28.5. The quantitative estimate of drug-likeness (QED) is 0.813. The third kappa shape index (κ3) is 2.99. The topological polar surface area (TPSA) is 52.6 Å². The predicted molar refractivity (Wildman–Crippen MR) is 93.1 cm³/mol. The van der Waals surface area contributed by atoms with Gasteiger partial charge in [0.15, 0.2) is 0 Å². The summed E-state index contributed by atoms with van der Waals surface area (Å²) in [5, 5.41) is 0. The number of hydrogen-bond acceptors (Lipinski definition) is 5. The minimum Gasteiger partial charge on any atom is -0.338 e. The van der Waals surface area contributed by atoms with Crippen molar-refractivity contribution < 1.29 is 4.79 Å². The number of carbonyl (C=O) groups excluding carboxylic acids is 1. The third-order valence-corrected chi connectivity index (χ3v) is 5.73. The number of aryl methyl sites for hydroxylation is 2. The van der Waals surface area contributed by atoms with Crippen LogP contribution in [0.5, 0.6) is 0 Å². The number of amides is 1. The summed E-state index contributed by atoms with van der Waals surface area (Å²) in [5.41, 5.74) is 2.56. The maximum absolute atomic E-state index is 12.7. The molecule has 0 aromatic carbocycles. The van der Waals surface area contributed by atoms with Crippen LogP contribution in [-0.4, -0.2) is 71.5 Å². The molecule has 1 aliphatic carbocycles. The van der Waals surface area contributed by atoms with E-state index >= 15 is 0 Å². The van der Waals surface area contributed by atoms with E-state index in [-0.39, 0.29) is 6.04 Å². The molecule has 1 atom stereocenters. The summed E-state index contributed by atoms with van der Waals surface area (Å²) in [6.45, 7) is 4.27. The second-order valence-corrected chi connectivity index (χ2v) is 7.30. The van der Waals surface area contributed by atoms with E-state index in [0.29, 0.717) is 5.91 Å². The number of hydrogen-bond donors (Lipinski definition) is 0. The number of aromatic nitrogens is 2. The molecule has 2 fully saturated rings. The lowest BCUT2D eigenvalue weighted by atomic mass is 9.98. The van der Waals surface area contributed by atoms with Gasteiger partial charge in [0, 0.05) is 38.1 Å². The number of rotatable bonds is 2. The maximum Gasteiger partial charge on any atom is 0.240 e. The summed E-state index contributed by atoms with van der Waals surface area (Å²) in [6, 6.07) is 0.0940. The van der Waals surface area contributed by atoms with Crippen molar-refractivity contribution in [3.8, 4) is 0 Å². The van der Waals surface area contributed by atoms with Crippen molar-refractivity contribution in [1.29, 1.82) is 0 Å². The SMILES string of the molecule is CN1CCCC1C(=O)N1CCN(c2ncc3c(n2)CCCC3)CC1. The van der Waals surface area contributed by atoms with Crippen molar-refractivity contribution >= 4 is 11.9 Å². The summed E-state index contributed by atoms with van der Waals surface area (Å²) in [7, 11) is 2.06. The van der Waals surface area contributed by atoms with Crippen molar-refractivity contribution in [1.82, 2.24) is 19.8 Å². The van der Waals surface area contributed by atoms with Crippen LogP contribution >= 0.6 is 0 Å². The molecular weight excluding hydrogens is 302 g/mol. The highest BCUT2D eigenvalue weighted by Crippen LogP contribution is 2.22. The molecule has 2 saturated heterocycles. The number of likely N-dealkylation sites (tertiary alicyclic amines) is 1. The predicted octanol–water partition coefficient (Wildman–Crippen LogP) is 1.10. The molecule has 4 rings (SSSR count). The molecule has 6 heteroatoms. The van der Waals surface area contributed by atoms with E-state index in [2.05, 4.69) is 21.8 Å². The van der Waals surface area contributed by atoms with Gasteiger partial charge in [0.25, 0.3) is 0 Å². The second-order valence-electron chi connectivity index (χ2n) is 7.30. The van der Waals surface area contributed by atoms with Crippen LogP contribution in [-0.2, 0) is 17.6 Å². The van der Waals surface area contributed by atoms with E-state index < -0.39 is 0 Å². The van der Waals surface area contributed by atoms with Crippen molar-refractivity contribution in [3.05, 3.63) is 17.5 Å². The molecule has 2 aliphatic heterocycles. The average molecular weight is 329 g/mol. The van der Waals surface area contributed by atoms with Gasteiger partial charge < -0.3 is 9.80 Å². The first-order chi connectivity index (χ1) is 11.7. The lowest BCUT2D eigenvalue weighted by molar-refractivity contribution is -0.135. The molecule has 1 aromatic rings. The lowest BCUT2D eigenvalue weighted by Gasteiger charge is -2.37. The number of nitrogens with zero attached hydrogens (tertiary/aromatic N) is 5. The van der Waals surface area contributed by atoms with Crippen LogP contribution in [0, 0.1) is 0 Å². The molecule has 1 amide bonds. The second kappa shape index (κ2) is 6.67. The van der Waals surface area contributed by atoms with E-state index in [1.54, 1.807) is 0 Å². The molecule has 0 bridgehead atoms. The molecule has 3 heterocycles. The molecule has 0 N–H and O–H groups in total. The van der Waals surface area contributed by atoms with Crippen LogP contribution < -0.4 is 4.90 Å². The van der Waals surface area contributed by atoms with Crippen molar-refractivity contribution in [2.24, 2.45) is 0 Å². The fourth-order valence-electron chi connectivity index (χ4n) is 4.18. The van der Waals surface area contributed by atoms with Gasteiger partial charge >= 0.3 is 0 Å². The van der Waals surface area contributed by atoms with Gasteiger partial charge in [-0.25, -0.2) is 9.97 Å². The highest BCUT2D eigenvalue weighted by Gasteiger charge is 2.33. The first-order valence-electron chi connectivity index (χ1n) is 9.31. The van der Waals surface area contributed by atoms with Crippen LogP contribution in [0.3, 0.4) is 0 Å². The summed E-state index contributed by atoms with van der Waals surface area (Å²) < 4.78 is 0. The highest BCUT2D eigenvalue weighted by molar-refractivity contribution is 5.82. The highest BCUT2D eigenvalue weighted by atomic mass is 16.2. The number of fused-ring (bicyclic) bond motifs is 1. The van der Waals surface area contributed by atoms with E-state index in [4.69, 9.17) is 4.98 Å². The number of anilines is 1. The largest absolute Gasteiger partial charge is 0.338 e. The van der Waals surface area contributed by atoms with Crippen molar-refractivity contribution in [2.75, 3.05) is 44.7 Å². The van der Waals surface area contributed by atoms with Crippen LogP contribution in [0.15, 0.2) is 6.20 Å². The molecule has 0 spiro atoms. The third-order valence-electron chi connectivity index (χ3n) is 5.73. The Labute approximate surface area is 143 Å². The first-order valence-corrected chi connectivity index (χ1v) is 9.31. The zero-order valence-electron chi connectivity index (χ0n) is 14.6. The minimum atomic E-state index is 0.0940. The van der Waals surface area contributed by atoms with Gasteiger partial charge in [-0.05, 0) is 57.7 Å². The molecule has 1 aromatic heterocycles. The van der Waals surface area contributed by atoms with E-state index in [1.165, 1.54) is 24.1 Å². The Hall–Kier alpha value is -1.69. The van der Waals surface area contributed by atoms with Crippen LogP contribution in [0.25, 0.3) is 0 Å². The molecule has 130 valence electrons. The Morgan fingerprint density at radius 2 is 1.88 bits per heavy atom. The molecular formula is C18H27N5O. The average Bonchev–Trinajstić information content (AvgIpc) is 3.07. The van der Waals surface area contributed by atoms with Crippen molar-refractivity contribution in [2.45, 2.75) is 44.6 Å².